The topological polar surface area (TPSA) is 118 Å². The van der Waals surface area contributed by atoms with Crippen LogP contribution in [0.3, 0.4) is 0 Å². The van der Waals surface area contributed by atoms with E-state index >= 15 is 0 Å². The zero-order valence-corrected chi connectivity index (χ0v) is 12.5. The lowest BCUT2D eigenvalue weighted by Crippen LogP contribution is -2.15. The summed E-state index contributed by atoms with van der Waals surface area (Å²) in [6, 6.07) is 6.01. The Kier molecular flexibility index (Phi) is 4.77. The number of allylic oxidation sites excluding steroid dienone is 4. The van der Waals surface area contributed by atoms with E-state index in [9.17, 15) is 22.8 Å². The molecule has 8 heteroatoms. The van der Waals surface area contributed by atoms with Crippen molar-refractivity contribution in [3.63, 3.8) is 0 Å². The van der Waals surface area contributed by atoms with Crippen molar-refractivity contribution in [3.8, 4) is 0 Å². The van der Waals surface area contributed by atoms with E-state index in [1.165, 1.54) is 18.2 Å². The van der Waals surface area contributed by atoms with Crippen molar-refractivity contribution < 1.29 is 27.4 Å². The minimum Gasteiger partial charge on any atom is -0.298 e. The van der Waals surface area contributed by atoms with Crippen LogP contribution in [0.1, 0.15) is 27.1 Å². The highest BCUT2D eigenvalue weighted by Crippen LogP contribution is 2.21. The molecule has 0 saturated carbocycles. The van der Waals surface area contributed by atoms with Gasteiger partial charge in [-0.2, -0.15) is 8.42 Å². The first-order valence-corrected chi connectivity index (χ1v) is 7.81. The molecule has 0 aromatic heterocycles. The third-order valence-electron chi connectivity index (χ3n) is 3.12. The summed E-state index contributed by atoms with van der Waals surface area (Å²) in [5.41, 5.74) is 0.0730. The lowest BCUT2D eigenvalue weighted by molar-refractivity contribution is -0.104. The number of carbonyl (C=O) groups is 3. The highest BCUT2D eigenvalue weighted by Gasteiger charge is 2.23. The number of benzene rings is 1. The number of aliphatic imine (C=N–C) groups is 1. The van der Waals surface area contributed by atoms with Crippen LogP contribution in [-0.4, -0.2) is 37.2 Å². The number of carbonyl (C=O) groups excluding carboxylic acids is 3. The van der Waals surface area contributed by atoms with Crippen LogP contribution >= 0.6 is 0 Å². The van der Waals surface area contributed by atoms with Gasteiger partial charge in [0.25, 0.3) is 16.0 Å². The Morgan fingerprint density at radius 2 is 1.83 bits per heavy atom. The maximum Gasteiger partial charge on any atom is 0.291 e. The Bertz CT molecular complexity index is 877. The van der Waals surface area contributed by atoms with Gasteiger partial charge in [0.15, 0.2) is 12.6 Å². The predicted molar refractivity (Wildman–Crippen MR) is 82.0 cm³/mol. The van der Waals surface area contributed by atoms with Crippen molar-refractivity contribution >= 4 is 34.3 Å². The fraction of sp³-hybridized carbons (Fsp3) is 0.0667. The molecule has 0 spiro atoms. The van der Waals surface area contributed by atoms with Crippen molar-refractivity contribution in [1.29, 1.82) is 0 Å². The van der Waals surface area contributed by atoms with Crippen LogP contribution in [0.5, 0.6) is 0 Å². The molecule has 0 fully saturated rings. The Hall–Kier alpha value is -2.71. The summed E-state index contributed by atoms with van der Waals surface area (Å²) in [5.74, 6) is -0.725. The molecule has 2 rings (SSSR count). The maximum absolute atomic E-state index is 12.1. The van der Waals surface area contributed by atoms with Gasteiger partial charge in [0.05, 0.1) is 10.5 Å². The van der Waals surface area contributed by atoms with Gasteiger partial charge < -0.3 is 0 Å². The van der Waals surface area contributed by atoms with E-state index in [1.807, 2.05) is 0 Å². The fourth-order valence-electron chi connectivity index (χ4n) is 2.01. The number of aldehydes is 2. The van der Waals surface area contributed by atoms with Crippen LogP contribution in [0, 0.1) is 0 Å². The molecular weight excluding hydrogens is 322 g/mol. The number of rotatable bonds is 4. The van der Waals surface area contributed by atoms with Crippen LogP contribution in [0.2, 0.25) is 0 Å². The Labute approximate surface area is 131 Å². The second kappa shape index (κ2) is 6.59. The van der Waals surface area contributed by atoms with Crippen LogP contribution in [0.4, 0.5) is 0 Å². The first-order chi connectivity index (χ1) is 10.9. The summed E-state index contributed by atoms with van der Waals surface area (Å²) in [4.78, 5) is 37.1. The van der Waals surface area contributed by atoms with Crippen LogP contribution in [-0.2, 0) is 14.9 Å². The molecular formula is C15H11NO6S. The molecule has 118 valence electrons. The standard InChI is InChI=1S/C15H11NO6S/c17-8-10-3-1-2-4-13(10)15(19)16-12-6-5-11(9-18)14(7-12)23(20,21)22/h1-6,8-9H,7H2,(H,20,21,22). The summed E-state index contributed by atoms with van der Waals surface area (Å²) in [5, 5.41) is 0. The molecule has 0 bridgehead atoms. The quantitative estimate of drug-likeness (QED) is 0.657. The minimum absolute atomic E-state index is 0.0499. The molecule has 23 heavy (non-hydrogen) atoms. The van der Waals surface area contributed by atoms with Gasteiger partial charge in [0.2, 0.25) is 0 Å². The van der Waals surface area contributed by atoms with Crippen LogP contribution < -0.4 is 0 Å². The van der Waals surface area contributed by atoms with Gasteiger partial charge in [0.1, 0.15) is 0 Å². The van der Waals surface area contributed by atoms with Crippen molar-refractivity contribution in [2.75, 3.05) is 0 Å². The second-order valence-corrected chi connectivity index (χ2v) is 6.04. The van der Waals surface area contributed by atoms with Gasteiger partial charge in [-0.3, -0.25) is 18.9 Å². The van der Waals surface area contributed by atoms with E-state index in [0.717, 1.165) is 6.08 Å². The van der Waals surface area contributed by atoms with Crippen molar-refractivity contribution in [2.24, 2.45) is 4.99 Å². The zero-order valence-electron chi connectivity index (χ0n) is 11.7. The molecule has 1 aromatic carbocycles. The lowest BCUT2D eigenvalue weighted by atomic mass is 10.1. The first kappa shape index (κ1) is 16.7. The smallest absolute Gasteiger partial charge is 0.291 e. The van der Waals surface area contributed by atoms with Crippen molar-refractivity contribution in [3.05, 3.63) is 58.0 Å². The molecule has 0 unspecified atom stereocenters. The summed E-state index contributed by atoms with van der Waals surface area (Å²) in [6.45, 7) is 0. The van der Waals surface area contributed by atoms with Crippen molar-refractivity contribution in [2.45, 2.75) is 6.42 Å². The van der Waals surface area contributed by atoms with Gasteiger partial charge in [-0.25, -0.2) is 4.99 Å². The van der Waals surface area contributed by atoms with E-state index in [4.69, 9.17) is 4.55 Å². The highest BCUT2D eigenvalue weighted by atomic mass is 32.2. The number of hydrogen-bond donors (Lipinski definition) is 1. The Morgan fingerprint density at radius 1 is 1.13 bits per heavy atom. The summed E-state index contributed by atoms with van der Waals surface area (Å²) in [6.07, 6.45) is 2.87. The molecule has 1 N–H and O–H groups in total. The Morgan fingerprint density at radius 3 is 2.43 bits per heavy atom. The van der Waals surface area contributed by atoms with E-state index < -0.39 is 27.4 Å². The van der Waals surface area contributed by atoms with E-state index in [1.54, 1.807) is 12.1 Å². The molecule has 1 aromatic rings. The highest BCUT2D eigenvalue weighted by molar-refractivity contribution is 7.89. The molecule has 0 aliphatic heterocycles. The predicted octanol–water partition coefficient (Wildman–Crippen LogP) is 1.38. The Balaban J connectivity index is 2.38. The molecule has 0 atom stereocenters. The monoisotopic (exact) mass is 333 g/mol. The van der Waals surface area contributed by atoms with Gasteiger partial charge in [-0.1, -0.05) is 18.2 Å². The third-order valence-corrected chi connectivity index (χ3v) is 4.12. The molecule has 0 saturated heterocycles. The normalized spacial score (nSPS) is 16.5. The molecule has 1 amide bonds. The molecule has 7 nitrogen and oxygen atoms in total. The SMILES string of the molecule is O=CC1=C(S(=O)(=O)O)CC(=NC(=O)c2ccccc2C=O)C=C1. The number of hydrogen-bond acceptors (Lipinski definition) is 5. The first-order valence-electron chi connectivity index (χ1n) is 6.37. The van der Waals surface area contributed by atoms with E-state index in [0.29, 0.717) is 12.6 Å². The van der Waals surface area contributed by atoms with Gasteiger partial charge in [-0.05, 0) is 18.2 Å². The molecule has 1 aliphatic carbocycles. The van der Waals surface area contributed by atoms with Gasteiger partial charge in [0, 0.05) is 23.3 Å². The van der Waals surface area contributed by atoms with Crippen molar-refractivity contribution in [1.82, 2.24) is 0 Å². The molecule has 0 heterocycles. The number of amides is 1. The summed E-state index contributed by atoms with van der Waals surface area (Å²) < 4.78 is 31.7. The molecule has 1 aliphatic rings. The lowest BCUT2D eigenvalue weighted by Gasteiger charge is -2.11. The largest absolute Gasteiger partial charge is 0.298 e. The van der Waals surface area contributed by atoms with E-state index in [2.05, 4.69) is 4.99 Å². The van der Waals surface area contributed by atoms with Gasteiger partial charge >= 0.3 is 0 Å². The maximum atomic E-state index is 12.1. The van der Waals surface area contributed by atoms with Crippen LogP contribution in [0.25, 0.3) is 0 Å². The average molecular weight is 333 g/mol. The average Bonchev–Trinajstić information content (AvgIpc) is 2.53. The zero-order chi connectivity index (χ0) is 17.0. The van der Waals surface area contributed by atoms with E-state index in [-0.39, 0.29) is 22.4 Å². The summed E-state index contributed by atoms with van der Waals surface area (Å²) in [7, 11) is -4.58. The number of nitrogens with zero attached hydrogens (tertiary/aromatic N) is 1. The van der Waals surface area contributed by atoms with Crippen LogP contribution in [0.15, 0.2) is 51.9 Å². The second-order valence-electron chi connectivity index (χ2n) is 4.59. The third kappa shape index (κ3) is 3.74. The summed E-state index contributed by atoms with van der Waals surface area (Å²) >= 11 is 0. The molecule has 0 radical (unpaired) electrons. The fourth-order valence-corrected chi connectivity index (χ4v) is 2.76. The minimum atomic E-state index is -4.58. The van der Waals surface area contributed by atoms with Gasteiger partial charge in [-0.15, -0.1) is 0 Å².